The van der Waals surface area contributed by atoms with Gasteiger partial charge >= 0.3 is 5.97 Å². The first-order chi connectivity index (χ1) is 9.02. The Bertz CT molecular complexity index is 490. The van der Waals surface area contributed by atoms with Crippen molar-refractivity contribution < 1.29 is 14.7 Å². The number of nitrogens with zero attached hydrogens (tertiary/aromatic N) is 1. The summed E-state index contributed by atoms with van der Waals surface area (Å²) >= 11 is 0. The molecule has 19 heavy (non-hydrogen) atoms. The summed E-state index contributed by atoms with van der Waals surface area (Å²) in [7, 11) is 0. The molecule has 1 aromatic rings. The summed E-state index contributed by atoms with van der Waals surface area (Å²) in [4.78, 5) is 24.4. The van der Waals surface area contributed by atoms with Gasteiger partial charge in [-0.05, 0) is 18.6 Å². The molecule has 0 aromatic heterocycles. The van der Waals surface area contributed by atoms with E-state index >= 15 is 0 Å². The summed E-state index contributed by atoms with van der Waals surface area (Å²) in [5.74, 6) is 0.393. The highest BCUT2D eigenvalue weighted by molar-refractivity contribution is 5.93. The topological polar surface area (TPSA) is 57.6 Å². The van der Waals surface area contributed by atoms with Gasteiger partial charge in [0, 0.05) is 12.6 Å². The average Bonchev–Trinajstić information content (AvgIpc) is 2.38. The van der Waals surface area contributed by atoms with Gasteiger partial charge in [-0.1, -0.05) is 31.0 Å². The molecule has 1 aromatic carbocycles. The first-order valence-corrected chi connectivity index (χ1v) is 6.06. The molecule has 0 saturated carbocycles. The summed E-state index contributed by atoms with van der Waals surface area (Å²) in [6.45, 7) is 3.12. The quantitative estimate of drug-likeness (QED) is 0.824. The Morgan fingerprint density at radius 1 is 1.37 bits per heavy atom. The molecule has 1 rings (SSSR count). The first kappa shape index (κ1) is 14.8. The van der Waals surface area contributed by atoms with Crippen molar-refractivity contribution in [3.8, 4) is 12.3 Å². The van der Waals surface area contributed by atoms with Crippen molar-refractivity contribution in [2.75, 3.05) is 4.90 Å². The number of carbonyl (C=O) groups excluding carboxylic acids is 1. The van der Waals surface area contributed by atoms with E-state index in [2.05, 4.69) is 5.92 Å². The van der Waals surface area contributed by atoms with E-state index in [0.29, 0.717) is 12.1 Å². The molecule has 0 aliphatic rings. The molecular weight excluding hydrogens is 242 g/mol. The number of para-hydroxylation sites is 1. The van der Waals surface area contributed by atoms with Crippen molar-refractivity contribution >= 4 is 17.6 Å². The lowest BCUT2D eigenvalue weighted by atomic mass is 9.95. The second-order valence-electron chi connectivity index (χ2n) is 4.19. The largest absolute Gasteiger partial charge is 0.481 e. The molecule has 4 heteroatoms. The standard InChI is InChI=1S/C15H17NO3/c1-4-13(15(18)19)14(5-2)16(11(3)17)12-9-7-6-8-10-12/h2,6-10,13-14H,4H2,1,3H3,(H,18,19). The fraction of sp³-hybridized carbons (Fsp3) is 0.333. The number of rotatable bonds is 5. The van der Waals surface area contributed by atoms with E-state index in [1.165, 1.54) is 11.8 Å². The van der Waals surface area contributed by atoms with Crippen LogP contribution in [-0.4, -0.2) is 23.0 Å². The van der Waals surface area contributed by atoms with Gasteiger partial charge in [-0.3, -0.25) is 14.5 Å². The highest BCUT2D eigenvalue weighted by Gasteiger charge is 2.32. The number of carboxylic acids is 1. The number of hydrogen-bond donors (Lipinski definition) is 1. The molecule has 0 spiro atoms. The minimum absolute atomic E-state index is 0.270. The van der Waals surface area contributed by atoms with Crippen molar-refractivity contribution in [1.29, 1.82) is 0 Å². The number of carboxylic acid groups (broad SMARTS) is 1. The van der Waals surface area contributed by atoms with Gasteiger partial charge in [0.25, 0.3) is 0 Å². The Kier molecular flexibility index (Phi) is 5.13. The maximum absolute atomic E-state index is 11.8. The highest BCUT2D eigenvalue weighted by atomic mass is 16.4. The first-order valence-electron chi connectivity index (χ1n) is 6.06. The molecule has 0 bridgehead atoms. The van der Waals surface area contributed by atoms with Gasteiger partial charge < -0.3 is 5.11 Å². The highest BCUT2D eigenvalue weighted by Crippen LogP contribution is 2.23. The Labute approximate surface area is 113 Å². The predicted octanol–water partition coefficient (Wildman–Crippen LogP) is 2.15. The third kappa shape index (κ3) is 3.35. The average molecular weight is 259 g/mol. The van der Waals surface area contributed by atoms with Crippen LogP contribution in [0.15, 0.2) is 30.3 Å². The molecular formula is C15H17NO3. The van der Waals surface area contributed by atoms with Gasteiger partial charge in [-0.15, -0.1) is 6.42 Å². The molecule has 2 atom stereocenters. The van der Waals surface area contributed by atoms with Crippen molar-refractivity contribution in [3.63, 3.8) is 0 Å². The van der Waals surface area contributed by atoms with Gasteiger partial charge in [-0.2, -0.15) is 0 Å². The van der Waals surface area contributed by atoms with Crippen LogP contribution in [-0.2, 0) is 9.59 Å². The van der Waals surface area contributed by atoms with Crippen molar-refractivity contribution in [2.24, 2.45) is 5.92 Å². The van der Waals surface area contributed by atoms with Crippen LogP contribution in [0.5, 0.6) is 0 Å². The number of amides is 1. The van der Waals surface area contributed by atoms with Crippen LogP contribution in [0.1, 0.15) is 20.3 Å². The summed E-state index contributed by atoms with van der Waals surface area (Å²) < 4.78 is 0. The molecule has 1 amide bonds. The van der Waals surface area contributed by atoms with Gasteiger partial charge in [0.2, 0.25) is 5.91 Å². The Morgan fingerprint density at radius 3 is 2.32 bits per heavy atom. The van der Waals surface area contributed by atoms with Crippen LogP contribution in [0.25, 0.3) is 0 Å². The van der Waals surface area contributed by atoms with Gasteiger partial charge in [0.05, 0.1) is 5.92 Å². The zero-order chi connectivity index (χ0) is 14.4. The second kappa shape index (κ2) is 6.60. The smallest absolute Gasteiger partial charge is 0.309 e. The fourth-order valence-corrected chi connectivity index (χ4v) is 2.03. The molecule has 0 radical (unpaired) electrons. The number of terminal acetylenes is 1. The third-order valence-corrected chi connectivity index (χ3v) is 2.96. The lowest BCUT2D eigenvalue weighted by molar-refractivity contribution is -0.142. The monoisotopic (exact) mass is 259 g/mol. The van der Waals surface area contributed by atoms with E-state index in [1.807, 2.05) is 6.07 Å². The molecule has 100 valence electrons. The Hall–Kier alpha value is -2.28. The fourth-order valence-electron chi connectivity index (χ4n) is 2.03. The van der Waals surface area contributed by atoms with E-state index in [0.717, 1.165) is 0 Å². The number of aliphatic carboxylic acids is 1. The van der Waals surface area contributed by atoms with Crippen molar-refractivity contribution in [1.82, 2.24) is 0 Å². The molecule has 0 aliphatic carbocycles. The summed E-state index contributed by atoms with van der Waals surface area (Å²) in [5, 5.41) is 9.22. The maximum Gasteiger partial charge on any atom is 0.309 e. The van der Waals surface area contributed by atoms with E-state index in [9.17, 15) is 14.7 Å². The van der Waals surface area contributed by atoms with Crippen LogP contribution in [0.2, 0.25) is 0 Å². The molecule has 0 aliphatic heterocycles. The van der Waals surface area contributed by atoms with E-state index in [-0.39, 0.29) is 5.91 Å². The van der Waals surface area contributed by atoms with Crippen LogP contribution in [0.4, 0.5) is 5.69 Å². The number of hydrogen-bond acceptors (Lipinski definition) is 2. The Morgan fingerprint density at radius 2 is 1.95 bits per heavy atom. The van der Waals surface area contributed by atoms with Gasteiger partial charge in [-0.25, -0.2) is 0 Å². The zero-order valence-corrected chi connectivity index (χ0v) is 11.0. The summed E-state index contributed by atoms with van der Waals surface area (Å²) in [5.41, 5.74) is 0.609. The lowest BCUT2D eigenvalue weighted by Gasteiger charge is -2.31. The summed E-state index contributed by atoms with van der Waals surface area (Å²) in [6, 6.07) is 8.06. The molecule has 1 N–H and O–H groups in total. The van der Waals surface area contributed by atoms with Crippen LogP contribution in [0, 0.1) is 18.3 Å². The van der Waals surface area contributed by atoms with Crippen LogP contribution >= 0.6 is 0 Å². The minimum Gasteiger partial charge on any atom is -0.481 e. The molecule has 0 heterocycles. The van der Waals surface area contributed by atoms with Crippen molar-refractivity contribution in [2.45, 2.75) is 26.3 Å². The molecule has 2 unspecified atom stereocenters. The normalized spacial score (nSPS) is 13.1. The SMILES string of the molecule is C#CC(C(CC)C(=O)O)N(C(C)=O)c1ccccc1. The second-order valence-corrected chi connectivity index (χ2v) is 4.19. The number of benzene rings is 1. The van der Waals surface area contributed by atoms with Gasteiger partial charge in [0.15, 0.2) is 0 Å². The summed E-state index contributed by atoms with van der Waals surface area (Å²) in [6.07, 6.45) is 5.82. The van der Waals surface area contributed by atoms with Crippen LogP contribution in [0.3, 0.4) is 0 Å². The lowest BCUT2D eigenvalue weighted by Crippen LogP contribution is -2.45. The third-order valence-electron chi connectivity index (χ3n) is 2.96. The van der Waals surface area contributed by atoms with E-state index in [4.69, 9.17) is 6.42 Å². The maximum atomic E-state index is 11.8. The number of carbonyl (C=O) groups is 2. The van der Waals surface area contributed by atoms with E-state index < -0.39 is 17.9 Å². The van der Waals surface area contributed by atoms with E-state index in [1.54, 1.807) is 31.2 Å². The van der Waals surface area contributed by atoms with Crippen molar-refractivity contribution in [3.05, 3.63) is 30.3 Å². The molecule has 4 nitrogen and oxygen atoms in total. The number of anilines is 1. The van der Waals surface area contributed by atoms with Crippen LogP contribution < -0.4 is 4.90 Å². The van der Waals surface area contributed by atoms with Gasteiger partial charge in [0.1, 0.15) is 6.04 Å². The zero-order valence-electron chi connectivity index (χ0n) is 11.0. The molecule has 0 fully saturated rings. The Balaban J connectivity index is 3.21. The predicted molar refractivity (Wildman–Crippen MR) is 73.6 cm³/mol. The minimum atomic E-state index is -0.993. The molecule has 0 saturated heterocycles.